The molecule has 21 heavy (non-hydrogen) atoms. The highest BCUT2D eigenvalue weighted by molar-refractivity contribution is 14.1. The molecule has 5 heteroatoms. The van der Waals surface area contributed by atoms with E-state index in [-0.39, 0.29) is 6.04 Å². The van der Waals surface area contributed by atoms with Crippen LogP contribution in [0.3, 0.4) is 0 Å². The van der Waals surface area contributed by atoms with E-state index < -0.39 is 10.0 Å². The van der Waals surface area contributed by atoms with Crippen LogP contribution >= 0.6 is 22.6 Å². The van der Waals surface area contributed by atoms with Crippen LogP contribution in [0.5, 0.6) is 0 Å². The topological polar surface area (TPSA) is 46.2 Å². The highest BCUT2D eigenvalue weighted by atomic mass is 127. The van der Waals surface area contributed by atoms with E-state index in [2.05, 4.69) is 27.3 Å². The molecule has 0 aliphatic carbocycles. The van der Waals surface area contributed by atoms with E-state index in [1.807, 2.05) is 49.4 Å². The first-order valence-electron chi connectivity index (χ1n) is 6.70. The van der Waals surface area contributed by atoms with E-state index in [0.717, 1.165) is 15.6 Å². The van der Waals surface area contributed by atoms with Crippen molar-refractivity contribution in [3.8, 4) is 0 Å². The van der Waals surface area contributed by atoms with E-state index in [1.165, 1.54) is 0 Å². The van der Waals surface area contributed by atoms with Crippen molar-refractivity contribution in [3.05, 3.63) is 65.7 Å². The molecular weight excluding hydrogens is 397 g/mol. The lowest BCUT2D eigenvalue weighted by Crippen LogP contribution is -2.37. The molecule has 1 N–H and O–H groups in total. The first kappa shape index (κ1) is 16.5. The van der Waals surface area contributed by atoms with E-state index in [1.54, 1.807) is 12.1 Å². The molecule has 0 unspecified atom stereocenters. The molecule has 3 nitrogen and oxygen atoms in total. The molecule has 0 aromatic heterocycles. The van der Waals surface area contributed by atoms with Crippen LogP contribution in [-0.4, -0.2) is 18.9 Å². The molecule has 0 aliphatic rings. The minimum Gasteiger partial charge on any atom is -0.207 e. The lowest BCUT2D eigenvalue weighted by molar-refractivity contribution is 0.563. The van der Waals surface area contributed by atoms with Gasteiger partial charge in [0.1, 0.15) is 0 Å². The molecule has 1 atom stereocenters. The molecule has 0 saturated carbocycles. The fourth-order valence-electron chi connectivity index (χ4n) is 2.03. The van der Waals surface area contributed by atoms with E-state index >= 15 is 0 Å². The SMILES string of the molecule is Cc1ccc(S(=O)(=O)N[C@@H](CI)Cc2ccccc2)cc1. The zero-order valence-corrected chi connectivity index (χ0v) is 14.8. The van der Waals surface area contributed by atoms with Crippen molar-refractivity contribution in [3.63, 3.8) is 0 Å². The van der Waals surface area contributed by atoms with Crippen molar-refractivity contribution in [2.75, 3.05) is 4.43 Å². The van der Waals surface area contributed by atoms with Gasteiger partial charge in [-0.3, -0.25) is 0 Å². The highest BCUT2D eigenvalue weighted by Gasteiger charge is 2.19. The Bertz CT molecular complexity index is 669. The van der Waals surface area contributed by atoms with Crippen molar-refractivity contribution in [2.45, 2.75) is 24.3 Å². The van der Waals surface area contributed by atoms with Crippen molar-refractivity contribution < 1.29 is 8.42 Å². The van der Waals surface area contributed by atoms with Crippen LogP contribution in [-0.2, 0) is 16.4 Å². The summed E-state index contributed by atoms with van der Waals surface area (Å²) in [5.41, 5.74) is 2.18. The zero-order valence-electron chi connectivity index (χ0n) is 11.8. The Morgan fingerprint density at radius 1 is 1.05 bits per heavy atom. The van der Waals surface area contributed by atoms with Crippen LogP contribution in [0.25, 0.3) is 0 Å². The monoisotopic (exact) mass is 415 g/mol. The van der Waals surface area contributed by atoms with Crippen LogP contribution in [0.15, 0.2) is 59.5 Å². The molecule has 0 fully saturated rings. The van der Waals surface area contributed by atoms with Gasteiger partial charge in [-0.2, -0.15) is 0 Å². The predicted octanol–water partition coefficient (Wildman–Crippen LogP) is 3.32. The number of alkyl halides is 1. The molecule has 112 valence electrons. The number of benzene rings is 2. The van der Waals surface area contributed by atoms with E-state index in [4.69, 9.17) is 0 Å². The molecule has 0 saturated heterocycles. The summed E-state index contributed by atoms with van der Waals surface area (Å²) in [6.07, 6.45) is 0.689. The fourth-order valence-corrected chi connectivity index (χ4v) is 4.10. The van der Waals surface area contributed by atoms with Crippen LogP contribution in [0.1, 0.15) is 11.1 Å². The van der Waals surface area contributed by atoms with Crippen LogP contribution < -0.4 is 4.72 Å². The second-order valence-corrected chi connectivity index (χ2v) is 7.57. The summed E-state index contributed by atoms with van der Waals surface area (Å²) in [7, 11) is -3.46. The third kappa shape index (κ3) is 4.79. The zero-order chi connectivity index (χ0) is 15.3. The smallest absolute Gasteiger partial charge is 0.207 e. The lowest BCUT2D eigenvalue weighted by atomic mass is 10.1. The van der Waals surface area contributed by atoms with Crippen molar-refractivity contribution >= 4 is 32.6 Å². The summed E-state index contributed by atoms with van der Waals surface area (Å²) in [6, 6.07) is 16.7. The van der Waals surface area contributed by atoms with Crippen LogP contribution in [0, 0.1) is 6.92 Å². The average molecular weight is 415 g/mol. The maximum atomic E-state index is 12.4. The molecule has 2 aromatic carbocycles. The summed E-state index contributed by atoms with van der Waals surface area (Å²) < 4.78 is 28.3. The first-order chi connectivity index (χ1) is 10.0. The number of hydrogen-bond acceptors (Lipinski definition) is 2. The predicted molar refractivity (Wildman–Crippen MR) is 94.3 cm³/mol. The Labute approximate surface area is 140 Å². The Hall–Kier alpha value is -0.920. The number of sulfonamides is 1. The quantitative estimate of drug-likeness (QED) is 0.581. The van der Waals surface area contributed by atoms with Gasteiger partial charge in [-0.1, -0.05) is 70.6 Å². The normalized spacial score (nSPS) is 13.0. The third-order valence-corrected chi connectivity index (χ3v) is 5.76. The molecule has 2 rings (SSSR count). The van der Waals surface area contributed by atoms with E-state index in [9.17, 15) is 8.42 Å². The minimum atomic E-state index is -3.46. The maximum absolute atomic E-state index is 12.4. The molecule has 0 spiro atoms. The van der Waals surface area contributed by atoms with Gasteiger partial charge in [0.15, 0.2) is 0 Å². The highest BCUT2D eigenvalue weighted by Crippen LogP contribution is 2.13. The minimum absolute atomic E-state index is 0.112. The Morgan fingerprint density at radius 2 is 1.67 bits per heavy atom. The summed E-state index contributed by atoms with van der Waals surface area (Å²) in [4.78, 5) is 0.316. The van der Waals surface area contributed by atoms with Gasteiger partial charge >= 0.3 is 0 Å². The summed E-state index contributed by atoms with van der Waals surface area (Å²) in [5, 5.41) is 0. The maximum Gasteiger partial charge on any atom is 0.240 e. The van der Waals surface area contributed by atoms with E-state index in [0.29, 0.717) is 11.3 Å². The third-order valence-electron chi connectivity index (χ3n) is 3.16. The second-order valence-electron chi connectivity index (χ2n) is 4.98. The largest absolute Gasteiger partial charge is 0.240 e. The molecular formula is C16H18INO2S. The Kier molecular flexibility index (Phi) is 5.78. The van der Waals surface area contributed by atoms with Gasteiger partial charge in [0.2, 0.25) is 10.0 Å². The van der Waals surface area contributed by atoms with Gasteiger partial charge in [0.25, 0.3) is 0 Å². The average Bonchev–Trinajstić information content (AvgIpc) is 2.48. The summed E-state index contributed by atoms with van der Waals surface area (Å²) in [5.74, 6) is 0. The first-order valence-corrected chi connectivity index (χ1v) is 9.71. The number of halogens is 1. The second kappa shape index (κ2) is 7.38. The molecule has 0 amide bonds. The van der Waals surface area contributed by atoms with Gasteiger partial charge < -0.3 is 0 Å². The van der Waals surface area contributed by atoms with Gasteiger partial charge in [-0.15, -0.1) is 0 Å². The lowest BCUT2D eigenvalue weighted by Gasteiger charge is -2.16. The van der Waals surface area contributed by atoms with Gasteiger partial charge in [0.05, 0.1) is 4.90 Å². The molecule has 2 aromatic rings. The van der Waals surface area contributed by atoms with Crippen molar-refractivity contribution in [1.29, 1.82) is 0 Å². The molecule has 0 radical (unpaired) electrons. The summed E-state index contributed by atoms with van der Waals surface area (Å²) >= 11 is 2.21. The number of nitrogens with one attached hydrogen (secondary N) is 1. The number of rotatable bonds is 6. The van der Waals surface area contributed by atoms with Gasteiger partial charge in [-0.25, -0.2) is 13.1 Å². The summed E-state index contributed by atoms with van der Waals surface area (Å²) in [6.45, 7) is 1.94. The molecule has 0 bridgehead atoms. The van der Waals surface area contributed by atoms with Gasteiger partial charge in [0, 0.05) is 10.5 Å². The number of hydrogen-bond donors (Lipinski definition) is 1. The van der Waals surface area contributed by atoms with Crippen LogP contribution in [0.4, 0.5) is 0 Å². The Balaban J connectivity index is 2.12. The Morgan fingerprint density at radius 3 is 2.24 bits per heavy atom. The van der Waals surface area contributed by atoms with Crippen LogP contribution in [0.2, 0.25) is 0 Å². The standard InChI is InChI=1S/C16H18INO2S/c1-13-7-9-16(10-8-13)21(19,20)18-15(12-17)11-14-5-3-2-4-6-14/h2-10,15,18H,11-12H2,1H3/t15-/m1/s1. The van der Waals surface area contributed by atoms with Crippen molar-refractivity contribution in [2.24, 2.45) is 0 Å². The number of aryl methyl sites for hydroxylation is 1. The van der Waals surface area contributed by atoms with Gasteiger partial charge in [-0.05, 0) is 31.0 Å². The molecule has 0 heterocycles. The van der Waals surface area contributed by atoms with Crippen molar-refractivity contribution in [1.82, 2.24) is 4.72 Å². The molecule has 0 aliphatic heterocycles. The fraction of sp³-hybridized carbons (Fsp3) is 0.250.